The second kappa shape index (κ2) is 6.53. The summed E-state index contributed by atoms with van der Waals surface area (Å²) in [6, 6.07) is 1.76. The predicted molar refractivity (Wildman–Crippen MR) is 81.1 cm³/mol. The highest BCUT2D eigenvalue weighted by Crippen LogP contribution is 2.24. The number of H-pyrrole nitrogens is 1. The van der Waals surface area contributed by atoms with Crippen LogP contribution >= 0.6 is 0 Å². The molecule has 0 bridgehead atoms. The molecule has 0 unspecified atom stereocenters. The number of nitrogens with one attached hydrogen (secondary N) is 3. The third-order valence-corrected chi connectivity index (χ3v) is 3.42. The molecule has 114 valence electrons. The molecule has 7 heteroatoms. The number of carbonyl (C=O) groups is 1. The van der Waals surface area contributed by atoms with Crippen LogP contribution in [0.25, 0.3) is 11.3 Å². The molecule has 21 heavy (non-hydrogen) atoms. The van der Waals surface area contributed by atoms with Gasteiger partial charge in [0.15, 0.2) is 0 Å². The van der Waals surface area contributed by atoms with Crippen LogP contribution in [0.2, 0.25) is 0 Å². The van der Waals surface area contributed by atoms with Gasteiger partial charge in [0.2, 0.25) is 0 Å². The van der Waals surface area contributed by atoms with E-state index < -0.39 is 0 Å². The number of likely N-dealkylation sites (N-methyl/N-ethyl adjacent to an activating group) is 1. The second-order valence-electron chi connectivity index (χ2n) is 4.95. The maximum Gasteiger partial charge on any atom is 0.269 e. The topological polar surface area (TPSA) is 87.6 Å². The maximum atomic E-state index is 12.0. The minimum absolute atomic E-state index is 0.147. The number of aryl methyl sites for hydroxylation is 2. The third kappa shape index (κ3) is 3.30. The van der Waals surface area contributed by atoms with Crippen molar-refractivity contribution in [2.45, 2.75) is 20.8 Å². The van der Waals surface area contributed by atoms with Crippen molar-refractivity contribution in [3.63, 3.8) is 0 Å². The van der Waals surface area contributed by atoms with Gasteiger partial charge in [0.25, 0.3) is 5.91 Å². The fraction of sp³-hybridized carbons (Fsp3) is 0.500. The van der Waals surface area contributed by atoms with Crippen LogP contribution in [0, 0.1) is 13.8 Å². The first-order valence-electron chi connectivity index (χ1n) is 7.09. The minimum atomic E-state index is -0.147. The van der Waals surface area contributed by atoms with Gasteiger partial charge < -0.3 is 10.6 Å². The average molecular weight is 290 g/mol. The van der Waals surface area contributed by atoms with E-state index in [9.17, 15) is 4.79 Å². The number of aromatic nitrogens is 4. The Hall–Kier alpha value is -2.15. The van der Waals surface area contributed by atoms with E-state index in [-0.39, 0.29) is 5.91 Å². The summed E-state index contributed by atoms with van der Waals surface area (Å²) in [6.45, 7) is 8.19. The third-order valence-electron chi connectivity index (χ3n) is 3.42. The molecule has 2 aromatic heterocycles. The molecule has 2 heterocycles. The summed E-state index contributed by atoms with van der Waals surface area (Å²) in [5, 5.41) is 17.4. The van der Waals surface area contributed by atoms with Crippen LogP contribution in [-0.2, 0) is 7.05 Å². The Balaban J connectivity index is 2.09. The zero-order valence-corrected chi connectivity index (χ0v) is 12.9. The number of hydrogen-bond acceptors (Lipinski definition) is 4. The molecule has 0 aliphatic heterocycles. The van der Waals surface area contributed by atoms with E-state index in [1.807, 2.05) is 32.5 Å². The van der Waals surface area contributed by atoms with Crippen molar-refractivity contribution < 1.29 is 4.79 Å². The molecule has 0 aliphatic carbocycles. The van der Waals surface area contributed by atoms with Crippen molar-refractivity contribution >= 4 is 5.91 Å². The van der Waals surface area contributed by atoms with Gasteiger partial charge in [-0.05, 0) is 26.5 Å². The molecule has 0 atom stereocenters. The first-order chi connectivity index (χ1) is 10.0. The van der Waals surface area contributed by atoms with E-state index in [1.165, 1.54) is 0 Å². The number of nitrogens with zero attached hydrogens (tertiary/aromatic N) is 3. The summed E-state index contributed by atoms with van der Waals surface area (Å²) in [4.78, 5) is 12.0. The number of hydrogen-bond donors (Lipinski definition) is 3. The van der Waals surface area contributed by atoms with Crippen molar-refractivity contribution in [3.05, 3.63) is 23.1 Å². The average Bonchev–Trinajstić information content (AvgIpc) is 3.01. The normalized spacial score (nSPS) is 10.9. The molecule has 0 fully saturated rings. The molecule has 0 aromatic carbocycles. The van der Waals surface area contributed by atoms with E-state index in [4.69, 9.17) is 0 Å². The lowest BCUT2D eigenvalue weighted by Gasteiger charge is -2.03. The summed E-state index contributed by atoms with van der Waals surface area (Å²) >= 11 is 0. The zero-order valence-electron chi connectivity index (χ0n) is 12.9. The van der Waals surface area contributed by atoms with Gasteiger partial charge in [-0.3, -0.25) is 14.6 Å². The second-order valence-corrected chi connectivity index (χ2v) is 4.95. The van der Waals surface area contributed by atoms with E-state index in [1.54, 1.807) is 6.07 Å². The summed E-state index contributed by atoms with van der Waals surface area (Å²) < 4.78 is 1.81. The SMILES string of the molecule is CCNCCNC(=O)c1cc(-c2c(C)nn(C)c2C)n[nH]1. The molecule has 7 nitrogen and oxygen atoms in total. The van der Waals surface area contributed by atoms with Gasteiger partial charge in [-0.2, -0.15) is 10.2 Å². The van der Waals surface area contributed by atoms with Crippen molar-refractivity contribution in [1.29, 1.82) is 0 Å². The van der Waals surface area contributed by atoms with Crippen LogP contribution in [0.1, 0.15) is 28.8 Å². The molecule has 0 saturated carbocycles. The van der Waals surface area contributed by atoms with Gasteiger partial charge in [0.1, 0.15) is 5.69 Å². The van der Waals surface area contributed by atoms with Crippen molar-refractivity contribution in [2.75, 3.05) is 19.6 Å². The van der Waals surface area contributed by atoms with Gasteiger partial charge in [-0.15, -0.1) is 0 Å². The minimum Gasteiger partial charge on any atom is -0.349 e. The van der Waals surface area contributed by atoms with E-state index in [0.717, 1.165) is 35.7 Å². The monoisotopic (exact) mass is 290 g/mol. The smallest absolute Gasteiger partial charge is 0.269 e. The lowest BCUT2D eigenvalue weighted by molar-refractivity contribution is 0.0949. The summed E-state index contributed by atoms with van der Waals surface area (Å²) in [5.41, 5.74) is 4.11. The Morgan fingerprint density at radius 2 is 2.14 bits per heavy atom. The fourth-order valence-corrected chi connectivity index (χ4v) is 2.25. The summed E-state index contributed by atoms with van der Waals surface area (Å²) in [7, 11) is 1.90. The lowest BCUT2D eigenvalue weighted by atomic mass is 10.1. The molecule has 1 amide bonds. The molecule has 2 rings (SSSR count). The van der Waals surface area contributed by atoms with E-state index >= 15 is 0 Å². The largest absolute Gasteiger partial charge is 0.349 e. The quantitative estimate of drug-likeness (QED) is 0.686. The Morgan fingerprint density at radius 3 is 2.76 bits per heavy atom. The predicted octanol–water partition coefficient (Wildman–Crippen LogP) is 0.766. The first kappa shape index (κ1) is 15.2. The molecule has 0 spiro atoms. The number of aromatic amines is 1. The molecule has 0 aliphatic rings. The van der Waals surface area contributed by atoms with Crippen LogP contribution in [0.5, 0.6) is 0 Å². The zero-order chi connectivity index (χ0) is 15.4. The van der Waals surface area contributed by atoms with Crippen molar-refractivity contribution in [2.24, 2.45) is 7.05 Å². The van der Waals surface area contributed by atoms with Crippen LogP contribution in [0.15, 0.2) is 6.07 Å². The van der Waals surface area contributed by atoms with Crippen LogP contribution in [-0.4, -0.2) is 45.5 Å². The highest BCUT2D eigenvalue weighted by molar-refractivity contribution is 5.93. The fourth-order valence-electron chi connectivity index (χ4n) is 2.25. The Labute approximate surface area is 124 Å². The van der Waals surface area contributed by atoms with Gasteiger partial charge >= 0.3 is 0 Å². The molecule has 0 radical (unpaired) electrons. The summed E-state index contributed by atoms with van der Waals surface area (Å²) in [6.07, 6.45) is 0. The maximum absolute atomic E-state index is 12.0. The number of carbonyl (C=O) groups excluding carboxylic acids is 1. The van der Waals surface area contributed by atoms with Gasteiger partial charge in [-0.1, -0.05) is 6.92 Å². The van der Waals surface area contributed by atoms with Crippen LogP contribution < -0.4 is 10.6 Å². The first-order valence-corrected chi connectivity index (χ1v) is 7.09. The summed E-state index contributed by atoms with van der Waals surface area (Å²) in [5.74, 6) is -0.147. The molecule has 2 aromatic rings. The number of rotatable bonds is 6. The Bertz CT molecular complexity index is 627. The van der Waals surface area contributed by atoms with Crippen LogP contribution in [0.3, 0.4) is 0 Å². The highest BCUT2D eigenvalue weighted by Gasteiger charge is 2.16. The Morgan fingerprint density at radius 1 is 1.38 bits per heavy atom. The van der Waals surface area contributed by atoms with E-state index in [2.05, 4.69) is 25.9 Å². The molecule has 0 saturated heterocycles. The molecule has 3 N–H and O–H groups in total. The lowest BCUT2D eigenvalue weighted by Crippen LogP contribution is -2.31. The molecular formula is C14H22N6O. The molecular weight excluding hydrogens is 268 g/mol. The van der Waals surface area contributed by atoms with Crippen LogP contribution in [0.4, 0.5) is 0 Å². The Kier molecular flexibility index (Phi) is 4.74. The van der Waals surface area contributed by atoms with Gasteiger partial charge in [0.05, 0.1) is 11.4 Å². The van der Waals surface area contributed by atoms with Crippen molar-refractivity contribution in [3.8, 4) is 11.3 Å². The van der Waals surface area contributed by atoms with Gasteiger partial charge in [-0.25, -0.2) is 0 Å². The number of amides is 1. The van der Waals surface area contributed by atoms with Gasteiger partial charge in [0, 0.05) is 31.4 Å². The van der Waals surface area contributed by atoms with E-state index in [0.29, 0.717) is 12.2 Å². The standard InChI is InChI=1S/C14H22N6O/c1-5-15-6-7-16-14(21)12-8-11(17-18-12)13-9(2)19-20(4)10(13)3/h8,15H,5-7H2,1-4H3,(H,16,21)(H,17,18). The highest BCUT2D eigenvalue weighted by atomic mass is 16.1. The van der Waals surface area contributed by atoms with Crippen molar-refractivity contribution in [1.82, 2.24) is 30.6 Å².